The van der Waals surface area contributed by atoms with Gasteiger partial charge in [-0.25, -0.2) is 4.79 Å². The molecule has 1 aromatic rings. The summed E-state index contributed by atoms with van der Waals surface area (Å²) >= 11 is 0. The highest BCUT2D eigenvalue weighted by Crippen LogP contribution is 2.44. The number of allylic oxidation sites excluding steroid dienone is 1. The lowest BCUT2D eigenvalue weighted by Gasteiger charge is -2.40. The summed E-state index contributed by atoms with van der Waals surface area (Å²) in [5.74, 6) is -4.00. The van der Waals surface area contributed by atoms with Crippen LogP contribution in [0.5, 0.6) is 17.2 Å². The summed E-state index contributed by atoms with van der Waals surface area (Å²) in [6.07, 6.45) is -6.57. The van der Waals surface area contributed by atoms with E-state index in [1.807, 2.05) is 0 Å². The van der Waals surface area contributed by atoms with E-state index in [1.54, 1.807) is 0 Å². The minimum atomic E-state index is -1.97. The van der Waals surface area contributed by atoms with Crippen LogP contribution in [0.2, 0.25) is 0 Å². The average Bonchev–Trinajstić information content (AvgIpc) is 2.79. The van der Waals surface area contributed by atoms with Gasteiger partial charge in [0.2, 0.25) is 6.10 Å². The van der Waals surface area contributed by atoms with E-state index in [4.69, 9.17) is 18.9 Å². The van der Waals surface area contributed by atoms with Gasteiger partial charge < -0.3 is 59.8 Å². The van der Waals surface area contributed by atoms with Crippen molar-refractivity contribution in [3.05, 3.63) is 64.6 Å². The summed E-state index contributed by atoms with van der Waals surface area (Å²) in [6.45, 7) is 0. The van der Waals surface area contributed by atoms with E-state index in [2.05, 4.69) is 0 Å². The first kappa shape index (κ1) is 24.4. The number of carboxylic acids is 1. The Bertz CT molecular complexity index is 1160. The summed E-state index contributed by atoms with van der Waals surface area (Å²) < 4.78 is 21.6. The average molecular weight is 493 g/mol. The van der Waals surface area contributed by atoms with Gasteiger partial charge in [0.25, 0.3) is 0 Å². The summed E-state index contributed by atoms with van der Waals surface area (Å²) in [4.78, 5) is 11.4. The number of aliphatic carboxylic acids is 1. The third-order valence-electron chi connectivity index (χ3n) is 5.42. The smallest absolute Gasteiger partial charge is 0.335 e. The molecule has 8 N–H and O–H groups in total. The maximum absolute atomic E-state index is 11.4. The topological polar surface area (TPSA) is 216 Å². The van der Waals surface area contributed by atoms with Gasteiger partial charge in [-0.3, -0.25) is 0 Å². The van der Waals surface area contributed by atoms with E-state index in [-0.39, 0.29) is 39.9 Å². The maximum atomic E-state index is 11.4. The van der Waals surface area contributed by atoms with Gasteiger partial charge >= 0.3 is 5.97 Å². The molecule has 0 aromatic heterocycles. The van der Waals surface area contributed by atoms with Gasteiger partial charge in [0, 0.05) is 17.7 Å². The van der Waals surface area contributed by atoms with E-state index in [1.165, 1.54) is 12.1 Å². The normalized spacial score (nSPS) is 31.0. The molecular weight excluding hydrogens is 472 g/mol. The van der Waals surface area contributed by atoms with Gasteiger partial charge in [-0.05, 0) is 18.2 Å². The van der Waals surface area contributed by atoms with Gasteiger partial charge in [-0.2, -0.15) is 0 Å². The zero-order valence-electron chi connectivity index (χ0n) is 17.9. The number of benzene rings is 1. The van der Waals surface area contributed by atoms with Gasteiger partial charge in [-0.1, -0.05) is 0 Å². The summed E-state index contributed by atoms with van der Waals surface area (Å²) in [5.41, 5.74) is -0.0325. The number of phenolic OH excluding ortho intramolecular Hbond substituents is 2. The third kappa shape index (κ3) is 4.26. The van der Waals surface area contributed by atoms with Crippen LogP contribution in [0.25, 0.3) is 6.08 Å². The number of ether oxygens (including phenoxy) is 4. The summed E-state index contributed by atoms with van der Waals surface area (Å²) in [6, 6.07) is 2.20. The zero-order valence-corrected chi connectivity index (χ0v) is 17.9. The predicted octanol–water partition coefficient (Wildman–Crippen LogP) is 0.0698. The Hall–Kier alpha value is -3.75. The highest BCUT2D eigenvalue weighted by molar-refractivity contribution is 5.74. The van der Waals surface area contributed by atoms with Gasteiger partial charge in [0.1, 0.15) is 35.6 Å². The van der Waals surface area contributed by atoms with Gasteiger partial charge in [-0.15, -0.1) is 0 Å². The Morgan fingerprint density at radius 1 is 1.00 bits per heavy atom. The molecule has 0 amide bonds. The number of aliphatic hydroxyl groups is 5. The molecule has 1 radical (unpaired) electrons. The molecule has 0 saturated carbocycles. The van der Waals surface area contributed by atoms with Crippen molar-refractivity contribution in [1.29, 1.82) is 0 Å². The third-order valence-corrected chi connectivity index (χ3v) is 5.42. The lowest BCUT2D eigenvalue weighted by molar-refractivity contribution is -0.290. The number of aliphatic hydroxyl groups excluding tert-OH is 5. The van der Waals surface area contributed by atoms with Crippen LogP contribution in [0.15, 0.2) is 52.9 Å². The number of carbonyl (C=O) groups is 1. The lowest BCUT2D eigenvalue weighted by atomic mass is 9.96. The molecular formula is C22H21O13. The first-order valence-corrected chi connectivity index (χ1v) is 10.0. The van der Waals surface area contributed by atoms with Crippen molar-refractivity contribution in [2.45, 2.75) is 30.7 Å². The number of carboxylic acid groups (broad SMARTS) is 1. The van der Waals surface area contributed by atoms with Crippen LogP contribution in [0, 0.1) is 6.10 Å². The van der Waals surface area contributed by atoms with E-state index in [0.29, 0.717) is 0 Å². The molecule has 4 rings (SSSR count). The van der Waals surface area contributed by atoms with Crippen LogP contribution in [-0.2, 0) is 19.0 Å². The van der Waals surface area contributed by atoms with Crippen molar-refractivity contribution in [2.24, 2.45) is 0 Å². The fourth-order valence-corrected chi connectivity index (χ4v) is 3.70. The second-order valence-electron chi connectivity index (χ2n) is 7.69. The van der Waals surface area contributed by atoms with Crippen molar-refractivity contribution in [2.75, 3.05) is 7.11 Å². The van der Waals surface area contributed by atoms with E-state index in [9.17, 15) is 45.6 Å². The molecule has 0 spiro atoms. The minimum absolute atomic E-state index is 0.0493. The van der Waals surface area contributed by atoms with E-state index < -0.39 is 54.3 Å². The summed E-state index contributed by atoms with van der Waals surface area (Å²) in [5, 5.41) is 80.3. The van der Waals surface area contributed by atoms with Crippen LogP contribution >= 0.6 is 0 Å². The molecule has 187 valence electrons. The highest BCUT2D eigenvalue weighted by atomic mass is 16.7. The van der Waals surface area contributed by atoms with Gasteiger partial charge in [0.15, 0.2) is 35.4 Å². The number of methoxy groups -OCH3 is 1. The first-order valence-electron chi connectivity index (χ1n) is 10.0. The highest BCUT2D eigenvalue weighted by Gasteiger charge is 2.49. The predicted molar refractivity (Wildman–Crippen MR) is 112 cm³/mol. The Balaban J connectivity index is 1.76. The molecule has 1 aliphatic carbocycles. The van der Waals surface area contributed by atoms with Crippen molar-refractivity contribution >= 4 is 12.0 Å². The standard InChI is InChI=1S/C22H21O13/c1-32-19-10(24)3-2-8(17-12(26)6-9-11(25)4-7(23)5-13(9)33-17)18(19)34-22-16(29)14(27)15(28)20(35-22)21(30)31/h2-6,14-16,20,22-29H,1H3,(H,30,31)/b17-8+. The van der Waals surface area contributed by atoms with Crippen LogP contribution < -0.4 is 4.74 Å². The molecule has 2 aliphatic heterocycles. The van der Waals surface area contributed by atoms with Crippen LogP contribution in [0.3, 0.4) is 0 Å². The second kappa shape index (κ2) is 9.13. The molecule has 13 nitrogen and oxygen atoms in total. The number of fused-ring (bicyclic) bond motifs is 1. The van der Waals surface area contributed by atoms with Crippen molar-refractivity contribution in [3.63, 3.8) is 0 Å². The molecule has 1 fully saturated rings. The second-order valence-corrected chi connectivity index (χ2v) is 7.69. The van der Waals surface area contributed by atoms with Crippen molar-refractivity contribution in [3.8, 4) is 17.2 Å². The maximum Gasteiger partial charge on any atom is 0.335 e. The van der Waals surface area contributed by atoms with E-state index >= 15 is 0 Å². The molecule has 0 bridgehead atoms. The molecule has 5 atom stereocenters. The van der Waals surface area contributed by atoms with Crippen LogP contribution in [0.4, 0.5) is 0 Å². The summed E-state index contributed by atoms with van der Waals surface area (Å²) in [7, 11) is 1.16. The molecule has 1 aromatic carbocycles. The first-order chi connectivity index (χ1) is 16.5. The lowest BCUT2D eigenvalue weighted by Crippen LogP contribution is -2.60. The molecule has 13 heteroatoms. The number of phenols is 2. The molecule has 1 saturated heterocycles. The minimum Gasteiger partial charge on any atom is -0.508 e. The monoisotopic (exact) mass is 493 g/mol. The van der Waals surface area contributed by atoms with Crippen molar-refractivity contribution in [1.82, 2.24) is 0 Å². The SMILES string of the molecule is COC1=C(O)C=C/C(=C2\Oc3cc(O)cc(O)c3C=C2O)[C]1OC1OC(C(=O)O)C(O)C(O)C1O. The largest absolute Gasteiger partial charge is 0.508 e. The Kier molecular flexibility index (Phi) is 6.36. The Morgan fingerprint density at radius 3 is 2.37 bits per heavy atom. The van der Waals surface area contributed by atoms with Crippen molar-refractivity contribution < 1.29 is 64.6 Å². The quantitative estimate of drug-likeness (QED) is 0.279. The van der Waals surface area contributed by atoms with E-state index in [0.717, 1.165) is 25.3 Å². The molecule has 3 aliphatic rings. The number of hydrogen-bond donors (Lipinski definition) is 8. The number of rotatable bonds is 4. The Morgan fingerprint density at radius 2 is 1.71 bits per heavy atom. The fourth-order valence-electron chi connectivity index (χ4n) is 3.70. The number of aromatic hydroxyl groups is 2. The zero-order chi connectivity index (χ0) is 25.6. The Labute approximate surface area is 196 Å². The number of hydrogen-bond acceptors (Lipinski definition) is 12. The molecule has 35 heavy (non-hydrogen) atoms. The molecule has 5 unspecified atom stereocenters. The fraction of sp³-hybridized carbons (Fsp3) is 0.273. The van der Waals surface area contributed by atoms with Crippen LogP contribution in [-0.4, -0.2) is 84.6 Å². The van der Waals surface area contributed by atoms with Gasteiger partial charge in [0.05, 0.1) is 12.7 Å². The molecule has 2 heterocycles. The van der Waals surface area contributed by atoms with Crippen LogP contribution in [0.1, 0.15) is 5.56 Å².